The Morgan fingerprint density at radius 3 is 2.89 bits per heavy atom. The molecular weight excluding hydrogens is 276 g/mol. The van der Waals surface area contributed by atoms with Gasteiger partial charge in [-0.2, -0.15) is 0 Å². The highest BCUT2D eigenvalue weighted by atomic mass is 35.5. The number of amides is 1. The Hall–Kier alpha value is -1.18. The van der Waals surface area contributed by atoms with Crippen LogP contribution in [0.3, 0.4) is 0 Å². The number of anilines is 1. The first kappa shape index (κ1) is 14.9. The van der Waals surface area contributed by atoms with Crippen molar-refractivity contribution in [3.8, 4) is 0 Å². The summed E-state index contributed by atoms with van der Waals surface area (Å²) in [5, 5.41) is 2.97. The molecule has 1 rings (SSSR count). The van der Waals surface area contributed by atoms with E-state index in [0.29, 0.717) is 30.1 Å². The maximum absolute atomic E-state index is 11.7. The molecule has 0 saturated carbocycles. The van der Waals surface area contributed by atoms with Crippen LogP contribution in [0.4, 0.5) is 5.82 Å². The lowest BCUT2D eigenvalue weighted by atomic mass is 10.2. The van der Waals surface area contributed by atoms with E-state index < -0.39 is 10.8 Å². The quantitative estimate of drug-likeness (QED) is 0.403. The van der Waals surface area contributed by atoms with Crippen LogP contribution >= 0.6 is 11.6 Å². The molecule has 1 aromatic heterocycles. The van der Waals surface area contributed by atoms with Crippen molar-refractivity contribution in [1.29, 1.82) is 0 Å². The van der Waals surface area contributed by atoms with Crippen molar-refractivity contribution in [2.75, 3.05) is 24.0 Å². The van der Waals surface area contributed by atoms with Crippen molar-refractivity contribution >= 4 is 34.1 Å². The average Bonchev–Trinajstić information content (AvgIpc) is 2.34. The second-order valence-electron chi connectivity index (χ2n) is 3.59. The zero-order valence-electron chi connectivity index (χ0n) is 9.90. The number of nitrogens with one attached hydrogen (secondary N) is 2. The van der Waals surface area contributed by atoms with Gasteiger partial charge in [0.25, 0.3) is 5.91 Å². The van der Waals surface area contributed by atoms with Gasteiger partial charge in [0, 0.05) is 35.5 Å². The van der Waals surface area contributed by atoms with E-state index in [-0.39, 0.29) is 10.9 Å². The van der Waals surface area contributed by atoms with E-state index in [0.717, 1.165) is 0 Å². The van der Waals surface area contributed by atoms with E-state index in [1.54, 1.807) is 6.26 Å². The Balaban J connectivity index is 2.51. The third kappa shape index (κ3) is 4.59. The third-order valence-electron chi connectivity index (χ3n) is 2.13. The van der Waals surface area contributed by atoms with Gasteiger partial charge in [-0.1, -0.05) is 11.6 Å². The van der Waals surface area contributed by atoms with Gasteiger partial charge in [-0.25, -0.2) is 10.8 Å². The average molecular weight is 291 g/mol. The third-order valence-corrected chi connectivity index (χ3v) is 3.29. The van der Waals surface area contributed by atoms with Crippen molar-refractivity contribution in [3.63, 3.8) is 0 Å². The largest absolute Gasteiger partial charge is 0.352 e. The fourth-order valence-corrected chi connectivity index (χ4v) is 2.02. The maximum Gasteiger partial charge on any atom is 0.252 e. The SMILES string of the molecule is CS(=O)CCCNC(=O)c1cnc(NN)c(Cl)c1. The predicted octanol–water partition coefficient (Wildman–Crippen LogP) is 0.519. The summed E-state index contributed by atoms with van der Waals surface area (Å²) in [6.07, 6.45) is 3.68. The molecule has 1 aromatic rings. The first-order valence-electron chi connectivity index (χ1n) is 5.25. The van der Waals surface area contributed by atoms with Crippen LogP contribution < -0.4 is 16.6 Å². The zero-order valence-corrected chi connectivity index (χ0v) is 11.5. The molecule has 4 N–H and O–H groups in total. The van der Waals surface area contributed by atoms with Crippen LogP contribution in [0.2, 0.25) is 5.02 Å². The van der Waals surface area contributed by atoms with Crippen molar-refractivity contribution in [2.45, 2.75) is 6.42 Å². The molecule has 0 fully saturated rings. The molecule has 8 heteroatoms. The summed E-state index contributed by atoms with van der Waals surface area (Å²) in [7, 11) is -0.840. The molecule has 0 saturated heterocycles. The van der Waals surface area contributed by atoms with Crippen molar-refractivity contribution < 1.29 is 9.00 Å². The monoisotopic (exact) mass is 290 g/mol. The maximum atomic E-state index is 11.7. The second-order valence-corrected chi connectivity index (χ2v) is 5.55. The van der Waals surface area contributed by atoms with Gasteiger partial charge in [0.05, 0.1) is 10.6 Å². The zero-order chi connectivity index (χ0) is 13.5. The molecule has 1 atom stereocenters. The van der Waals surface area contributed by atoms with E-state index in [4.69, 9.17) is 17.4 Å². The summed E-state index contributed by atoms with van der Waals surface area (Å²) in [5.41, 5.74) is 2.68. The van der Waals surface area contributed by atoms with Gasteiger partial charge < -0.3 is 10.7 Å². The van der Waals surface area contributed by atoms with Crippen LogP contribution in [0.25, 0.3) is 0 Å². The number of pyridine rings is 1. The minimum absolute atomic E-state index is 0.269. The second kappa shape index (κ2) is 7.30. The lowest BCUT2D eigenvalue weighted by Crippen LogP contribution is -2.25. The lowest BCUT2D eigenvalue weighted by Gasteiger charge is -2.06. The molecule has 0 aliphatic carbocycles. The fourth-order valence-electron chi connectivity index (χ4n) is 1.25. The lowest BCUT2D eigenvalue weighted by molar-refractivity contribution is 0.0953. The molecular formula is C10H15ClN4O2S. The van der Waals surface area contributed by atoms with Crippen molar-refractivity contribution in [2.24, 2.45) is 5.84 Å². The van der Waals surface area contributed by atoms with Gasteiger partial charge in [0.2, 0.25) is 0 Å². The first-order chi connectivity index (χ1) is 8.54. The Morgan fingerprint density at radius 2 is 2.33 bits per heavy atom. The number of hydrazine groups is 1. The first-order valence-corrected chi connectivity index (χ1v) is 7.35. The number of aromatic nitrogens is 1. The Kier molecular flexibility index (Phi) is 6.03. The van der Waals surface area contributed by atoms with E-state index in [1.807, 2.05) is 0 Å². The van der Waals surface area contributed by atoms with Gasteiger partial charge in [-0.15, -0.1) is 0 Å². The molecule has 0 spiro atoms. The predicted molar refractivity (Wildman–Crippen MR) is 72.9 cm³/mol. The highest BCUT2D eigenvalue weighted by Crippen LogP contribution is 2.18. The highest BCUT2D eigenvalue weighted by Gasteiger charge is 2.08. The fraction of sp³-hybridized carbons (Fsp3) is 0.400. The number of halogens is 1. The van der Waals surface area contributed by atoms with Crippen molar-refractivity contribution in [3.05, 3.63) is 22.8 Å². The number of carbonyl (C=O) groups is 1. The standard InChI is InChI=1S/C10H15ClN4O2S/c1-18(17)4-2-3-13-10(16)7-5-8(11)9(15-12)14-6-7/h5-6H,2-4,12H2,1H3,(H,13,16)(H,14,15). The summed E-state index contributed by atoms with van der Waals surface area (Å²) in [5.74, 6) is 5.79. The molecule has 1 heterocycles. The molecule has 100 valence electrons. The van der Waals surface area contributed by atoms with Crippen LogP contribution in [0.15, 0.2) is 12.3 Å². The molecule has 1 amide bonds. The summed E-state index contributed by atoms with van der Waals surface area (Å²) in [6.45, 7) is 0.465. The van der Waals surface area contributed by atoms with Gasteiger partial charge in [-0.05, 0) is 12.5 Å². The number of nitrogen functional groups attached to an aromatic ring is 1. The molecule has 6 nitrogen and oxygen atoms in total. The summed E-state index contributed by atoms with van der Waals surface area (Å²) >= 11 is 5.85. The number of rotatable bonds is 6. The topological polar surface area (TPSA) is 97.1 Å². The van der Waals surface area contributed by atoms with Crippen LogP contribution in [0.5, 0.6) is 0 Å². The molecule has 0 radical (unpaired) electrons. The normalized spacial score (nSPS) is 11.9. The van der Waals surface area contributed by atoms with Gasteiger partial charge in [-0.3, -0.25) is 9.00 Å². The molecule has 1 unspecified atom stereocenters. The van der Waals surface area contributed by atoms with E-state index in [2.05, 4.69) is 15.7 Å². The molecule has 0 aromatic carbocycles. The number of nitrogens with two attached hydrogens (primary N) is 1. The summed E-state index contributed by atoms with van der Waals surface area (Å²) in [6, 6.07) is 1.48. The van der Waals surface area contributed by atoms with E-state index in [9.17, 15) is 9.00 Å². The molecule has 0 aliphatic rings. The smallest absolute Gasteiger partial charge is 0.252 e. The number of hydrogen-bond donors (Lipinski definition) is 3. The Bertz CT molecular complexity index is 456. The van der Waals surface area contributed by atoms with Gasteiger partial charge in [0.1, 0.15) is 0 Å². The van der Waals surface area contributed by atoms with E-state index in [1.165, 1.54) is 12.3 Å². The van der Waals surface area contributed by atoms with Crippen LogP contribution in [-0.2, 0) is 10.8 Å². The van der Waals surface area contributed by atoms with Gasteiger partial charge >= 0.3 is 0 Å². The number of hydrogen-bond acceptors (Lipinski definition) is 5. The van der Waals surface area contributed by atoms with Crippen LogP contribution in [0, 0.1) is 0 Å². The summed E-state index contributed by atoms with van der Waals surface area (Å²) in [4.78, 5) is 15.6. The Morgan fingerprint density at radius 1 is 1.61 bits per heavy atom. The Labute approximate surface area is 113 Å². The number of carbonyl (C=O) groups excluding carboxylic acids is 1. The highest BCUT2D eigenvalue weighted by molar-refractivity contribution is 7.84. The molecule has 18 heavy (non-hydrogen) atoms. The van der Waals surface area contributed by atoms with Crippen LogP contribution in [0.1, 0.15) is 16.8 Å². The molecule has 0 aliphatic heterocycles. The minimum Gasteiger partial charge on any atom is -0.352 e. The van der Waals surface area contributed by atoms with Crippen LogP contribution in [-0.4, -0.2) is 33.7 Å². The van der Waals surface area contributed by atoms with E-state index >= 15 is 0 Å². The molecule has 0 bridgehead atoms. The van der Waals surface area contributed by atoms with Crippen molar-refractivity contribution in [1.82, 2.24) is 10.3 Å². The minimum atomic E-state index is -0.840. The van der Waals surface area contributed by atoms with Gasteiger partial charge in [0.15, 0.2) is 5.82 Å². The number of nitrogens with zero attached hydrogens (tertiary/aromatic N) is 1. The summed E-state index contributed by atoms with van der Waals surface area (Å²) < 4.78 is 10.8.